The van der Waals surface area contributed by atoms with Crippen LogP contribution in [0, 0.1) is 23.7 Å². The summed E-state index contributed by atoms with van der Waals surface area (Å²) < 4.78 is 0. The van der Waals surface area contributed by atoms with E-state index >= 15 is 0 Å². The van der Waals surface area contributed by atoms with E-state index in [-0.39, 0.29) is 0 Å². The second-order valence-electron chi connectivity index (χ2n) is 5.68. The van der Waals surface area contributed by atoms with E-state index in [2.05, 4.69) is 38.2 Å². The van der Waals surface area contributed by atoms with Gasteiger partial charge in [0.2, 0.25) is 0 Å². The van der Waals surface area contributed by atoms with E-state index in [1.807, 2.05) is 0 Å². The SMILES string of the molecule is CC1C=CC(CC2CC=CC(C)C2)CC1. The molecule has 0 N–H and O–H groups in total. The Morgan fingerprint density at radius 2 is 1.87 bits per heavy atom. The van der Waals surface area contributed by atoms with Gasteiger partial charge in [-0.15, -0.1) is 0 Å². The van der Waals surface area contributed by atoms with Crippen molar-refractivity contribution in [2.45, 2.75) is 46.0 Å². The maximum absolute atomic E-state index is 2.48. The van der Waals surface area contributed by atoms with E-state index in [1.165, 1.54) is 32.1 Å². The van der Waals surface area contributed by atoms with Crippen molar-refractivity contribution in [3.8, 4) is 0 Å². The molecule has 0 amide bonds. The molecule has 0 bridgehead atoms. The van der Waals surface area contributed by atoms with Crippen LogP contribution in [0.3, 0.4) is 0 Å². The Kier molecular flexibility index (Phi) is 3.66. The fraction of sp³-hybridized carbons (Fsp3) is 0.733. The zero-order chi connectivity index (χ0) is 10.7. The topological polar surface area (TPSA) is 0 Å². The highest BCUT2D eigenvalue weighted by Gasteiger charge is 2.20. The third kappa shape index (κ3) is 3.22. The lowest BCUT2D eigenvalue weighted by molar-refractivity contribution is 0.325. The summed E-state index contributed by atoms with van der Waals surface area (Å²) in [6.07, 6.45) is 16.7. The molecule has 0 nitrogen and oxygen atoms in total. The van der Waals surface area contributed by atoms with E-state index < -0.39 is 0 Å². The second-order valence-corrected chi connectivity index (χ2v) is 5.68. The molecule has 0 heteroatoms. The molecule has 84 valence electrons. The predicted molar refractivity (Wildman–Crippen MR) is 66.7 cm³/mol. The van der Waals surface area contributed by atoms with Crippen LogP contribution >= 0.6 is 0 Å². The van der Waals surface area contributed by atoms with Gasteiger partial charge in [-0.25, -0.2) is 0 Å². The monoisotopic (exact) mass is 204 g/mol. The Hall–Kier alpha value is -0.520. The van der Waals surface area contributed by atoms with Gasteiger partial charge in [0.05, 0.1) is 0 Å². The summed E-state index contributed by atoms with van der Waals surface area (Å²) in [6.45, 7) is 4.68. The standard InChI is InChI=1S/C15H24/c1-12-6-8-14(9-7-12)11-15-5-3-4-13(2)10-15/h3-4,6,8,12-15H,5,7,9-11H2,1-2H3. The first-order valence-electron chi connectivity index (χ1n) is 6.59. The minimum atomic E-state index is 0.815. The summed E-state index contributed by atoms with van der Waals surface area (Å²) >= 11 is 0. The highest BCUT2D eigenvalue weighted by atomic mass is 14.3. The number of hydrogen-bond acceptors (Lipinski definition) is 0. The molecule has 0 aliphatic heterocycles. The van der Waals surface area contributed by atoms with Crippen molar-refractivity contribution in [3.63, 3.8) is 0 Å². The van der Waals surface area contributed by atoms with Gasteiger partial charge in [0.25, 0.3) is 0 Å². The van der Waals surface area contributed by atoms with Crippen LogP contribution in [-0.4, -0.2) is 0 Å². The molecule has 4 atom stereocenters. The highest BCUT2D eigenvalue weighted by molar-refractivity contribution is 5.00. The molecule has 0 saturated carbocycles. The van der Waals surface area contributed by atoms with Gasteiger partial charge < -0.3 is 0 Å². The molecule has 0 aromatic rings. The minimum absolute atomic E-state index is 0.815. The average Bonchev–Trinajstić information content (AvgIpc) is 2.22. The van der Waals surface area contributed by atoms with Crippen LogP contribution in [0.1, 0.15) is 46.0 Å². The van der Waals surface area contributed by atoms with Gasteiger partial charge in [-0.3, -0.25) is 0 Å². The Balaban J connectivity index is 1.82. The Bertz CT molecular complexity index is 249. The second kappa shape index (κ2) is 5.01. The van der Waals surface area contributed by atoms with Crippen LogP contribution in [0.5, 0.6) is 0 Å². The highest BCUT2D eigenvalue weighted by Crippen LogP contribution is 2.33. The third-order valence-corrected chi connectivity index (χ3v) is 3.98. The summed E-state index contributed by atoms with van der Waals surface area (Å²) in [5.74, 6) is 3.47. The molecule has 0 spiro atoms. The van der Waals surface area contributed by atoms with Crippen molar-refractivity contribution in [2.24, 2.45) is 23.7 Å². The lowest BCUT2D eigenvalue weighted by Crippen LogP contribution is -2.15. The smallest absolute Gasteiger partial charge is 0.0230 e. The van der Waals surface area contributed by atoms with E-state index in [4.69, 9.17) is 0 Å². The first kappa shape index (κ1) is 11.0. The largest absolute Gasteiger partial charge is 0.0880 e. The van der Waals surface area contributed by atoms with Crippen molar-refractivity contribution in [2.75, 3.05) is 0 Å². The summed E-state index contributed by atoms with van der Waals surface area (Å²) in [5, 5.41) is 0. The van der Waals surface area contributed by atoms with Gasteiger partial charge in [-0.1, -0.05) is 38.2 Å². The number of allylic oxidation sites excluding steroid dienone is 4. The molecule has 4 unspecified atom stereocenters. The summed E-state index contributed by atoms with van der Waals surface area (Å²) in [4.78, 5) is 0. The Morgan fingerprint density at radius 3 is 2.53 bits per heavy atom. The maximum atomic E-state index is 2.48. The van der Waals surface area contributed by atoms with Crippen LogP contribution in [0.15, 0.2) is 24.3 Å². The van der Waals surface area contributed by atoms with Gasteiger partial charge in [-0.05, 0) is 55.8 Å². The first-order valence-corrected chi connectivity index (χ1v) is 6.59. The van der Waals surface area contributed by atoms with Gasteiger partial charge in [-0.2, -0.15) is 0 Å². The Labute approximate surface area is 94.5 Å². The quantitative estimate of drug-likeness (QED) is 0.577. The lowest BCUT2D eigenvalue weighted by Gasteiger charge is -2.27. The van der Waals surface area contributed by atoms with Crippen LogP contribution in [0.4, 0.5) is 0 Å². The fourth-order valence-corrected chi connectivity index (χ4v) is 3.04. The van der Waals surface area contributed by atoms with Gasteiger partial charge in [0, 0.05) is 0 Å². The molecule has 0 radical (unpaired) electrons. The van der Waals surface area contributed by atoms with Crippen molar-refractivity contribution in [1.82, 2.24) is 0 Å². The number of hydrogen-bond donors (Lipinski definition) is 0. The molecule has 0 aromatic heterocycles. The molecule has 2 aliphatic carbocycles. The third-order valence-electron chi connectivity index (χ3n) is 3.98. The zero-order valence-corrected chi connectivity index (χ0v) is 10.2. The van der Waals surface area contributed by atoms with Crippen molar-refractivity contribution in [3.05, 3.63) is 24.3 Å². The van der Waals surface area contributed by atoms with Crippen LogP contribution < -0.4 is 0 Å². The minimum Gasteiger partial charge on any atom is -0.0880 e. The maximum Gasteiger partial charge on any atom is -0.0230 e. The molecule has 0 saturated heterocycles. The van der Waals surface area contributed by atoms with Gasteiger partial charge in [0.15, 0.2) is 0 Å². The fourth-order valence-electron chi connectivity index (χ4n) is 3.04. The summed E-state index contributed by atoms with van der Waals surface area (Å²) in [5.41, 5.74) is 0. The van der Waals surface area contributed by atoms with Crippen molar-refractivity contribution >= 4 is 0 Å². The summed E-state index contributed by atoms with van der Waals surface area (Å²) in [7, 11) is 0. The van der Waals surface area contributed by atoms with E-state index in [0.717, 1.165) is 23.7 Å². The molecule has 2 rings (SSSR count). The lowest BCUT2D eigenvalue weighted by atomic mass is 9.78. The van der Waals surface area contributed by atoms with Crippen LogP contribution in [0.2, 0.25) is 0 Å². The molecular weight excluding hydrogens is 180 g/mol. The van der Waals surface area contributed by atoms with Crippen molar-refractivity contribution in [1.29, 1.82) is 0 Å². The molecular formula is C15H24. The molecule has 0 fully saturated rings. The Morgan fingerprint density at radius 1 is 1.00 bits per heavy atom. The molecule has 0 aromatic carbocycles. The van der Waals surface area contributed by atoms with Gasteiger partial charge in [0.1, 0.15) is 0 Å². The van der Waals surface area contributed by atoms with E-state index in [9.17, 15) is 0 Å². The van der Waals surface area contributed by atoms with E-state index in [0.29, 0.717) is 0 Å². The molecule has 0 heterocycles. The first-order chi connectivity index (χ1) is 7.24. The van der Waals surface area contributed by atoms with Crippen LogP contribution in [-0.2, 0) is 0 Å². The number of rotatable bonds is 2. The molecule has 15 heavy (non-hydrogen) atoms. The average molecular weight is 204 g/mol. The van der Waals surface area contributed by atoms with E-state index in [1.54, 1.807) is 0 Å². The summed E-state index contributed by atoms with van der Waals surface area (Å²) in [6, 6.07) is 0. The van der Waals surface area contributed by atoms with Crippen LogP contribution in [0.25, 0.3) is 0 Å². The van der Waals surface area contributed by atoms with Gasteiger partial charge >= 0.3 is 0 Å². The van der Waals surface area contributed by atoms with Crippen molar-refractivity contribution < 1.29 is 0 Å². The predicted octanol–water partition coefficient (Wildman–Crippen LogP) is 4.58. The molecule has 2 aliphatic rings. The normalized spacial score (nSPS) is 40.7. The zero-order valence-electron chi connectivity index (χ0n) is 10.2.